The average molecular weight is 405 g/mol. The van der Waals surface area contributed by atoms with E-state index < -0.39 is 4.92 Å². The van der Waals surface area contributed by atoms with E-state index in [0.29, 0.717) is 11.6 Å². The number of rotatable bonds is 7. The SMILES string of the molecule is COc1ccc(-n2c(COc3ccc(OC)cc3[N+](=O)[O-])nc3ccccc32)cc1. The molecule has 0 saturated carbocycles. The zero-order valence-electron chi connectivity index (χ0n) is 16.4. The van der Waals surface area contributed by atoms with Gasteiger partial charge in [-0.05, 0) is 48.5 Å². The lowest BCUT2D eigenvalue weighted by Crippen LogP contribution is -2.06. The summed E-state index contributed by atoms with van der Waals surface area (Å²) in [6, 6.07) is 19.8. The number of fused-ring (bicyclic) bond motifs is 1. The monoisotopic (exact) mass is 405 g/mol. The van der Waals surface area contributed by atoms with Gasteiger partial charge < -0.3 is 14.2 Å². The molecule has 0 bridgehead atoms. The first-order chi connectivity index (χ1) is 14.6. The van der Waals surface area contributed by atoms with Gasteiger partial charge in [0, 0.05) is 5.69 Å². The van der Waals surface area contributed by atoms with Crippen LogP contribution in [0.5, 0.6) is 17.2 Å². The van der Waals surface area contributed by atoms with Crippen molar-refractivity contribution in [2.24, 2.45) is 0 Å². The lowest BCUT2D eigenvalue weighted by Gasteiger charge is -2.12. The summed E-state index contributed by atoms with van der Waals surface area (Å²) in [5, 5.41) is 11.4. The van der Waals surface area contributed by atoms with Crippen LogP contribution >= 0.6 is 0 Å². The van der Waals surface area contributed by atoms with Gasteiger partial charge in [0.1, 0.15) is 18.1 Å². The summed E-state index contributed by atoms with van der Waals surface area (Å²) in [7, 11) is 3.07. The van der Waals surface area contributed by atoms with Crippen LogP contribution in [0, 0.1) is 10.1 Å². The van der Waals surface area contributed by atoms with Crippen LogP contribution in [-0.2, 0) is 6.61 Å². The van der Waals surface area contributed by atoms with Crippen molar-refractivity contribution in [1.82, 2.24) is 9.55 Å². The number of para-hydroxylation sites is 2. The fourth-order valence-electron chi connectivity index (χ4n) is 3.22. The van der Waals surface area contributed by atoms with Crippen molar-refractivity contribution in [3.8, 4) is 22.9 Å². The molecule has 1 aromatic heterocycles. The van der Waals surface area contributed by atoms with Crippen LogP contribution in [0.3, 0.4) is 0 Å². The first kappa shape index (κ1) is 19.3. The third-order valence-electron chi connectivity index (χ3n) is 4.68. The van der Waals surface area contributed by atoms with Gasteiger partial charge in [-0.3, -0.25) is 14.7 Å². The summed E-state index contributed by atoms with van der Waals surface area (Å²) in [5.41, 5.74) is 2.43. The highest BCUT2D eigenvalue weighted by molar-refractivity contribution is 5.78. The highest BCUT2D eigenvalue weighted by Crippen LogP contribution is 2.32. The van der Waals surface area contributed by atoms with Gasteiger partial charge in [0.05, 0.1) is 36.2 Å². The van der Waals surface area contributed by atoms with Gasteiger partial charge in [-0.15, -0.1) is 0 Å². The Kier molecular flexibility index (Phi) is 5.21. The highest BCUT2D eigenvalue weighted by Gasteiger charge is 2.19. The first-order valence-corrected chi connectivity index (χ1v) is 9.16. The molecule has 30 heavy (non-hydrogen) atoms. The molecule has 8 nitrogen and oxygen atoms in total. The van der Waals surface area contributed by atoms with Crippen molar-refractivity contribution in [3.05, 3.63) is 82.7 Å². The summed E-state index contributed by atoms with van der Waals surface area (Å²) in [6.45, 7) is 0.0495. The fourth-order valence-corrected chi connectivity index (χ4v) is 3.22. The fraction of sp³-hybridized carbons (Fsp3) is 0.136. The van der Waals surface area contributed by atoms with Crippen LogP contribution in [0.15, 0.2) is 66.7 Å². The summed E-state index contributed by atoms with van der Waals surface area (Å²) in [5.74, 6) is 1.90. The molecule has 0 unspecified atom stereocenters. The summed E-state index contributed by atoms with van der Waals surface area (Å²) in [6.07, 6.45) is 0. The molecule has 0 aliphatic rings. The molecule has 4 aromatic rings. The average Bonchev–Trinajstić information content (AvgIpc) is 3.16. The molecule has 152 valence electrons. The van der Waals surface area contributed by atoms with Crippen molar-refractivity contribution in [3.63, 3.8) is 0 Å². The van der Waals surface area contributed by atoms with E-state index in [1.54, 1.807) is 13.2 Å². The predicted molar refractivity (Wildman–Crippen MR) is 112 cm³/mol. The third kappa shape index (κ3) is 3.62. The van der Waals surface area contributed by atoms with Crippen molar-refractivity contribution < 1.29 is 19.1 Å². The van der Waals surface area contributed by atoms with E-state index >= 15 is 0 Å². The van der Waals surface area contributed by atoms with Crippen LogP contribution in [-0.4, -0.2) is 28.7 Å². The molecule has 0 aliphatic carbocycles. The van der Waals surface area contributed by atoms with Crippen molar-refractivity contribution >= 4 is 16.7 Å². The molecule has 4 rings (SSSR count). The first-order valence-electron chi connectivity index (χ1n) is 9.16. The maximum atomic E-state index is 11.4. The Hall–Kier alpha value is -4.07. The van der Waals surface area contributed by atoms with E-state index in [9.17, 15) is 10.1 Å². The zero-order valence-corrected chi connectivity index (χ0v) is 16.4. The Balaban J connectivity index is 1.72. The molecular weight excluding hydrogens is 386 g/mol. The van der Waals surface area contributed by atoms with E-state index in [0.717, 1.165) is 22.5 Å². The number of nitro benzene ring substituents is 1. The summed E-state index contributed by atoms with van der Waals surface area (Å²) < 4.78 is 18.1. The minimum absolute atomic E-state index is 0.0495. The number of benzene rings is 3. The number of imidazole rings is 1. The molecule has 0 aliphatic heterocycles. The maximum absolute atomic E-state index is 11.4. The van der Waals surface area contributed by atoms with Crippen molar-refractivity contribution in [1.29, 1.82) is 0 Å². The minimum Gasteiger partial charge on any atom is -0.497 e. The van der Waals surface area contributed by atoms with Gasteiger partial charge in [0.25, 0.3) is 0 Å². The maximum Gasteiger partial charge on any atom is 0.314 e. The van der Waals surface area contributed by atoms with Crippen LogP contribution in [0.1, 0.15) is 5.82 Å². The highest BCUT2D eigenvalue weighted by atomic mass is 16.6. The third-order valence-corrected chi connectivity index (χ3v) is 4.68. The number of methoxy groups -OCH3 is 2. The van der Waals surface area contributed by atoms with Crippen molar-refractivity contribution in [2.75, 3.05) is 14.2 Å². The number of nitro groups is 1. The van der Waals surface area contributed by atoms with E-state index in [2.05, 4.69) is 4.98 Å². The lowest BCUT2D eigenvalue weighted by molar-refractivity contribution is -0.386. The number of nitrogens with zero attached hydrogens (tertiary/aromatic N) is 3. The molecule has 0 saturated heterocycles. The van der Waals surface area contributed by atoms with E-state index in [4.69, 9.17) is 14.2 Å². The smallest absolute Gasteiger partial charge is 0.314 e. The summed E-state index contributed by atoms with van der Waals surface area (Å²) in [4.78, 5) is 15.6. The molecule has 8 heteroatoms. The van der Waals surface area contributed by atoms with Crippen molar-refractivity contribution in [2.45, 2.75) is 6.61 Å². The van der Waals surface area contributed by atoms with Crippen LogP contribution in [0.4, 0.5) is 5.69 Å². The molecule has 0 radical (unpaired) electrons. The molecule has 0 spiro atoms. The van der Waals surface area contributed by atoms with Crippen LogP contribution in [0.2, 0.25) is 0 Å². The Morgan fingerprint density at radius 2 is 1.67 bits per heavy atom. The molecule has 0 amide bonds. The molecular formula is C22H19N3O5. The summed E-state index contributed by atoms with van der Waals surface area (Å²) >= 11 is 0. The van der Waals surface area contributed by atoms with Gasteiger partial charge in [-0.1, -0.05) is 12.1 Å². The van der Waals surface area contributed by atoms with Gasteiger partial charge in [-0.2, -0.15) is 0 Å². The molecule has 0 atom stereocenters. The molecule has 1 heterocycles. The van der Waals surface area contributed by atoms with Gasteiger partial charge >= 0.3 is 5.69 Å². The number of hydrogen-bond acceptors (Lipinski definition) is 6. The number of aromatic nitrogens is 2. The molecule has 3 aromatic carbocycles. The topological polar surface area (TPSA) is 88.7 Å². The lowest BCUT2D eigenvalue weighted by atomic mass is 10.2. The van der Waals surface area contributed by atoms with E-state index in [1.807, 2.05) is 53.1 Å². The second-order valence-corrected chi connectivity index (χ2v) is 6.43. The van der Waals surface area contributed by atoms with Gasteiger partial charge in [0.15, 0.2) is 11.6 Å². The quantitative estimate of drug-likeness (QED) is 0.332. The van der Waals surface area contributed by atoms with E-state index in [1.165, 1.54) is 19.2 Å². The van der Waals surface area contributed by atoms with Crippen LogP contribution in [0.25, 0.3) is 16.7 Å². The second-order valence-electron chi connectivity index (χ2n) is 6.43. The Bertz CT molecular complexity index is 1200. The minimum atomic E-state index is -0.496. The Labute approximate surface area is 172 Å². The van der Waals surface area contributed by atoms with Gasteiger partial charge in [0.2, 0.25) is 0 Å². The molecule has 0 fully saturated rings. The van der Waals surface area contributed by atoms with Crippen LogP contribution < -0.4 is 14.2 Å². The number of ether oxygens (including phenoxy) is 3. The van der Waals surface area contributed by atoms with Gasteiger partial charge in [-0.25, -0.2) is 4.98 Å². The largest absolute Gasteiger partial charge is 0.497 e. The Morgan fingerprint density at radius 1 is 0.967 bits per heavy atom. The normalized spacial score (nSPS) is 10.7. The predicted octanol–water partition coefficient (Wildman–Crippen LogP) is 4.53. The zero-order chi connectivity index (χ0) is 21.1. The Morgan fingerprint density at radius 3 is 2.37 bits per heavy atom. The van der Waals surface area contributed by atoms with E-state index in [-0.39, 0.29) is 18.0 Å². The molecule has 0 N–H and O–H groups in total. The standard InChI is InChI=1S/C22H19N3O5/c1-28-16-9-7-15(8-10-16)24-19-6-4-3-5-18(19)23-22(24)14-30-21-12-11-17(29-2)13-20(21)25(26)27/h3-13H,14H2,1-2H3. The number of hydrogen-bond donors (Lipinski definition) is 0. The second kappa shape index (κ2) is 8.12.